The normalized spacial score (nSPS) is 14.7. The van der Waals surface area contributed by atoms with Gasteiger partial charge in [0.15, 0.2) is 0 Å². The van der Waals surface area contributed by atoms with E-state index in [-0.39, 0.29) is 29.3 Å². The van der Waals surface area contributed by atoms with Gasteiger partial charge >= 0.3 is 0 Å². The van der Waals surface area contributed by atoms with Gasteiger partial charge in [0.05, 0.1) is 0 Å². The third-order valence-corrected chi connectivity index (χ3v) is 5.52. The van der Waals surface area contributed by atoms with Gasteiger partial charge in [0.1, 0.15) is 17.1 Å². The summed E-state index contributed by atoms with van der Waals surface area (Å²) in [6.07, 6.45) is 2.00. The first-order chi connectivity index (χ1) is 16.9. The van der Waals surface area contributed by atoms with Gasteiger partial charge < -0.3 is 26.0 Å². The van der Waals surface area contributed by atoms with Gasteiger partial charge in [-0.25, -0.2) is 0 Å². The summed E-state index contributed by atoms with van der Waals surface area (Å²) in [5, 5.41) is 5.70. The predicted octanol–water partition coefficient (Wildman–Crippen LogP) is 3.11. The van der Waals surface area contributed by atoms with Crippen LogP contribution in [0.4, 0.5) is 11.5 Å². The lowest BCUT2D eigenvalue weighted by molar-refractivity contribution is -0.117. The number of rotatable bonds is 8. The number of benzene rings is 2. The number of pyridine rings is 1. The number of hydrogen-bond donors (Lipinski definition) is 3. The number of nitrogens with two attached hydrogens (primary N) is 1. The van der Waals surface area contributed by atoms with Gasteiger partial charge in [0.25, 0.3) is 11.8 Å². The van der Waals surface area contributed by atoms with E-state index in [0.717, 1.165) is 6.42 Å². The maximum Gasteiger partial charge on any atom is 0.255 e. The fraction of sp³-hybridized carbons (Fsp3) is 0.154. The molecule has 2 aromatic carbocycles. The van der Waals surface area contributed by atoms with Gasteiger partial charge in [0.2, 0.25) is 11.8 Å². The highest BCUT2D eigenvalue weighted by Crippen LogP contribution is 2.28. The molecular weight excluding hydrogens is 446 g/mol. The molecule has 35 heavy (non-hydrogen) atoms. The van der Waals surface area contributed by atoms with Crippen LogP contribution in [0.5, 0.6) is 11.6 Å². The third-order valence-electron chi connectivity index (χ3n) is 5.52. The molecule has 0 saturated carbocycles. The summed E-state index contributed by atoms with van der Waals surface area (Å²) in [7, 11) is 0. The smallest absolute Gasteiger partial charge is 0.255 e. The molecule has 3 aromatic rings. The van der Waals surface area contributed by atoms with E-state index < -0.39 is 5.91 Å². The minimum atomic E-state index is -0.664. The second-order valence-corrected chi connectivity index (χ2v) is 7.98. The van der Waals surface area contributed by atoms with Gasteiger partial charge in [-0.2, -0.15) is 4.98 Å². The van der Waals surface area contributed by atoms with Gasteiger partial charge in [-0.3, -0.25) is 14.4 Å². The molecule has 178 valence electrons. The number of ether oxygens (including phenoxy) is 1. The molecule has 1 atom stereocenters. The summed E-state index contributed by atoms with van der Waals surface area (Å²) in [5.41, 5.74) is 6.81. The van der Waals surface area contributed by atoms with Gasteiger partial charge in [0, 0.05) is 30.4 Å². The third kappa shape index (κ3) is 5.83. The summed E-state index contributed by atoms with van der Waals surface area (Å²) >= 11 is 0. The van der Waals surface area contributed by atoms with E-state index in [1.807, 2.05) is 11.0 Å². The molecule has 0 bridgehead atoms. The highest BCUT2D eigenvalue weighted by atomic mass is 16.5. The number of primary amides is 1. The molecule has 4 N–H and O–H groups in total. The molecule has 0 radical (unpaired) electrons. The Hall–Kier alpha value is -4.66. The van der Waals surface area contributed by atoms with Gasteiger partial charge in [-0.1, -0.05) is 24.8 Å². The first kappa shape index (κ1) is 23.5. The lowest BCUT2D eigenvalue weighted by Gasteiger charge is -2.19. The van der Waals surface area contributed by atoms with Crippen LogP contribution < -0.4 is 26.0 Å². The summed E-state index contributed by atoms with van der Waals surface area (Å²) in [6.45, 7) is 4.72. The van der Waals surface area contributed by atoms with Crippen LogP contribution >= 0.6 is 0 Å². The monoisotopic (exact) mass is 471 g/mol. The fourth-order valence-corrected chi connectivity index (χ4v) is 3.73. The van der Waals surface area contributed by atoms with Crippen LogP contribution in [0, 0.1) is 0 Å². The molecule has 4 rings (SSSR count). The van der Waals surface area contributed by atoms with E-state index in [9.17, 15) is 14.4 Å². The average Bonchev–Trinajstić information content (AvgIpc) is 3.34. The number of carbonyl (C=O) groups is 3. The number of carbonyl (C=O) groups excluding carboxylic acids is 3. The zero-order chi connectivity index (χ0) is 24.8. The van der Waals surface area contributed by atoms with Crippen molar-refractivity contribution in [2.45, 2.75) is 12.5 Å². The van der Waals surface area contributed by atoms with Crippen LogP contribution in [-0.2, 0) is 4.79 Å². The van der Waals surface area contributed by atoms with Crippen molar-refractivity contribution >= 4 is 29.2 Å². The molecule has 1 aliphatic rings. The number of nitrogens with one attached hydrogen (secondary N) is 2. The highest BCUT2D eigenvalue weighted by molar-refractivity contribution is 6.04. The van der Waals surface area contributed by atoms with Gasteiger partial charge in [-0.05, 0) is 61.0 Å². The molecule has 9 nitrogen and oxygen atoms in total. The SMILES string of the molecule is C=CC(=O)NC1CCN(c2ccc(C(N)=O)c(Oc3ccc(NC(=O)c4ccccc4)cc3)n2)C1. The van der Waals surface area contributed by atoms with E-state index in [1.54, 1.807) is 60.7 Å². The zero-order valence-corrected chi connectivity index (χ0v) is 18.9. The second-order valence-electron chi connectivity index (χ2n) is 7.98. The Labute approximate surface area is 202 Å². The van der Waals surface area contributed by atoms with E-state index in [4.69, 9.17) is 10.5 Å². The number of hydrogen-bond acceptors (Lipinski definition) is 6. The number of nitrogens with zero attached hydrogens (tertiary/aromatic N) is 2. The molecule has 2 heterocycles. The first-order valence-electron chi connectivity index (χ1n) is 11.1. The van der Waals surface area contributed by atoms with E-state index in [2.05, 4.69) is 22.2 Å². The average molecular weight is 472 g/mol. The van der Waals surface area contributed by atoms with Crippen molar-refractivity contribution in [2.24, 2.45) is 5.73 Å². The predicted molar refractivity (Wildman–Crippen MR) is 133 cm³/mol. The van der Waals surface area contributed by atoms with Crippen LogP contribution in [0.2, 0.25) is 0 Å². The van der Waals surface area contributed by atoms with Crippen molar-refractivity contribution in [1.29, 1.82) is 0 Å². The molecule has 1 unspecified atom stereocenters. The Bertz CT molecular complexity index is 1240. The second kappa shape index (κ2) is 10.5. The molecule has 1 fully saturated rings. The van der Waals surface area contributed by atoms with Crippen molar-refractivity contribution in [3.05, 3.63) is 90.5 Å². The van der Waals surface area contributed by atoms with Crippen LogP contribution in [0.3, 0.4) is 0 Å². The van der Waals surface area contributed by atoms with E-state index in [0.29, 0.717) is 35.9 Å². The number of aromatic nitrogens is 1. The summed E-state index contributed by atoms with van der Waals surface area (Å²) in [4.78, 5) is 42.4. The Kier molecular flexibility index (Phi) is 7.06. The highest BCUT2D eigenvalue weighted by Gasteiger charge is 2.25. The standard InChI is InChI=1S/C26H25N5O4/c1-2-23(32)28-19-14-15-31(16-19)22-13-12-21(24(27)33)26(30-22)35-20-10-8-18(9-11-20)29-25(34)17-6-4-3-5-7-17/h2-13,19H,1,14-16H2,(H2,27,33)(H,28,32)(H,29,34). The molecule has 1 saturated heterocycles. The maximum absolute atomic E-state index is 12.3. The van der Waals surface area contributed by atoms with Crippen molar-refractivity contribution in [3.8, 4) is 11.6 Å². The summed E-state index contributed by atoms with van der Waals surface area (Å²) in [6, 6.07) is 18.8. The summed E-state index contributed by atoms with van der Waals surface area (Å²) in [5.74, 6) is -0.00310. The number of amides is 3. The van der Waals surface area contributed by atoms with Crippen molar-refractivity contribution in [1.82, 2.24) is 10.3 Å². The minimum Gasteiger partial charge on any atom is -0.438 e. The van der Waals surface area contributed by atoms with Crippen molar-refractivity contribution < 1.29 is 19.1 Å². The molecule has 0 aliphatic carbocycles. The Morgan fingerprint density at radius 2 is 1.80 bits per heavy atom. The first-order valence-corrected chi connectivity index (χ1v) is 11.1. The Morgan fingerprint density at radius 1 is 1.06 bits per heavy atom. The van der Waals surface area contributed by atoms with Crippen LogP contribution in [-0.4, -0.2) is 41.8 Å². The molecule has 3 amide bonds. The van der Waals surface area contributed by atoms with Crippen molar-refractivity contribution in [3.63, 3.8) is 0 Å². The number of anilines is 2. The minimum absolute atomic E-state index is 0.0267. The molecule has 0 spiro atoms. The van der Waals surface area contributed by atoms with E-state index in [1.165, 1.54) is 6.08 Å². The lowest BCUT2D eigenvalue weighted by atomic mass is 10.2. The Balaban J connectivity index is 1.47. The molecule has 9 heteroatoms. The van der Waals surface area contributed by atoms with Crippen LogP contribution in [0.1, 0.15) is 27.1 Å². The Morgan fingerprint density at radius 3 is 2.49 bits per heavy atom. The largest absolute Gasteiger partial charge is 0.438 e. The van der Waals surface area contributed by atoms with Crippen LogP contribution in [0.25, 0.3) is 0 Å². The molecular formula is C26H25N5O4. The quantitative estimate of drug-likeness (QED) is 0.433. The maximum atomic E-state index is 12.3. The van der Waals surface area contributed by atoms with Gasteiger partial charge in [-0.15, -0.1) is 0 Å². The lowest BCUT2D eigenvalue weighted by Crippen LogP contribution is -2.36. The molecule has 1 aliphatic heterocycles. The fourth-order valence-electron chi connectivity index (χ4n) is 3.73. The zero-order valence-electron chi connectivity index (χ0n) is 18.9. The topological polar surface area (TPSA) is 127 Å². The van der Waals surface area contributed by atoms with Crippen molar-refractivity contribution in [2.75, 3.05) is 23.3 Å². The van der Waals surface area contributed by atoms with Crippen LogP contribution in [0.15, 0.2) is 79.4 Å². The molecule has 1 aromatic heterocycles. The van der Waals surface area contributed by atoms with E-state index >= 15 is 0 Å². The summed E-state index contributed by atoms with van der Waals surface area (Å²) < 4.78 is 5.89.